The Kier molecular flexibility index (Phi) is 3.37. The molecular weight excluding hydrogens is 209 g/mol. The van der Waals surface area contributed by atoms with E-state index >= 15 is 0 Å². The molecule has 0 saturated heterocycles. The van der Waals surface area contributed by atoms with Gasteiger partial charge in [0.05, 0.1) is 0 Å². The Morgan fingerprint density at radius 2 is 1.85 bits per heavy atom. The average molecular weight is 220 g/mol. The van der Waals surface area contributed by atoms with Crippen molar-refractivity contribution in [3.05, 3.63) is 30.3 Å². The highest BCUT2D eigenvalue weighted by atomic mass is 35.7. The molecule has 0 saturated carbocycles. The molecule has 0 fully saturated rings. The van der Waals surface area contributed by atoms with Crippen molar-refractivity contribution in [1.82, 2.24) is 4.67 Å². The molecule has 0 aliphatic heterocycles. The lowest BCUT2D eigenvalue weighted by molar-refractivity contribution is 0.436. The zero-order valence-electron chi connectivity index (χ0n) is 7.48. The summed E-state index contributed by atoms with van der Waals surface area (Å²) in [7, 11) is 3.22. The van der Waals surface area contributed by atoms with E-state index in [0.29, 0.717) is 5.75 Å². The summed E-state index contributed by atoms with van der Waals surface area (Å²) in [6.45, 7) is -3.18. The van der Waals surface area contributed by atoms with Crippen molar-refractivity contribution >= 4 is 18.1 Å². The van der Waals surface area contributed by atoms with Crippen LogP contribution in [0.25, 0.3) is 0 Å². The van der Waals surface area contributed by atoms with Crippen LogP contribution in [-0.4, -0.2) is 18.8 Å². The van der Waals surface area contributed by atoms with Crippen molar-refractivity contribution < 1.29 is 9.09 Å². The third-order valence-corrected chi connectivity index (χ3v) is 3.94. The molecule has 0 unspecified atom stereocenters. The van der Waals surface area contributed by atoms with Gasteiger partial charge in [0, 0.05) is 11.2 Å². The third kappa shape index (κ3) is 3.03. The van der Waals surface area contributed by atoms with Crippen molar-refractivity contribution in [3.8, 4) is 5.75 Å². The van der Waals surface area contributed by atoms with Gasteiger partial charge in [-0.25, -0.2) is 9.24 Å². The maximum atomic E-state index is 11.6. The number of nitrogens with zero attached hydrogens (tertiary/aromatic N) is 1. The Balaban J connectivity index is 2.76. The van der Waals surface area contributed by atoms with Gasteiger partial charge in [-0.1, -0.05) is 18.2 Å². The van der Waals surface area contributed by atoms with Gasteiger partial charge >= 0.3 is 6.87 Å². The molecule has 1 aromatic rings. The summed E-state index contributed by atoms with van der Waals surface area (Å²) < 4.78 is 18.0. The minimum atomic E-state index is -3.18. The minimum Gasteiger partial charge on any atom is -0.422 e. The van der Waals surface area contributed by atoms with Gasteiger partial charge in [0.25, 0.3) is 0 Å². The summed E-state index contributed by atoms with van der Waals surface area (Å²) >= 11 is 5.66. The van der Waals surface area contributed by atoms with Crippen molar-refractivity contribution in [2.45, 2.75) is 0 Å². The Hall–Kier alpha value is -0.500. The standard InChI is InChI=1S/C8H11ClNO2P/c1-10(2)13(9,11)12-8-6-4-3-5-7-8/h3-7H,1-2H3/t13-/m0/s1. The fourth-order valence-corrected chi connectivity index (χ4v) is 1.48. The van der Waals surface area contributed by atoms with Gasteiger partial charge in [-0.05, 0) is 26.2 Å². The van der Waals surface area contributed by atoms with Crippen LogP contribution in [-0.2, 0) is 4.57 Å². The molecule has 72 valence electrons. The molecule has 0 N–H and O–H groups in total. The quantitative estimate of drug-likeness (QED) is 0.732. The third-order valence-electron chi connectivity index (χ3n) is 1.44. The number of halogens is 1. The van der Waals surface area contributed by atoms with Crippen LogP contribution in [0.5, 0.6) is 5.75 Å². The molecule has 5 heteroatoms. The van der Waals surface area contributed by atoms with Crippen LogP contribution in [0.4, 0.5) is 0 Å². The molecule has 0 heterocycles. The predicted molar refractivity (Wildman–Crippen MR) is 54.2 cm³/mol. The van der Waals surface area contributed by atoms with Crippen LogP contribution < -0.4 is 4.52 Å². The Morgan fingerprint density at radius 3 is 2.31 bits per heavy atom. The molecule has 0 aromatic heterocycles. The smallest absolute Gasteiger partial charge is 0.411 e. The highest BCUT2D eigenvalue weighted by molar-refractivity contribution is 7.83. The van der Waals surface area contributed by atoms with Gasteiger partial charge in [0.1, 0.15) is 5.75 Å². The van der Waals surface area contributed by atoms with E-state index in [2.05, 4.69) is 0 Å². The molecule has 3 nitrogen and oxygen atoms in total. The first-order valence-corrected chi connectivity index (χ1v) is 6.23. The Morgan fingerprint density at radius 1 is 1.31 bits per heavy atom. The minimum absolute atomic E-state index is 0.509. The van der Waals surface area contributed by atoms with Crippen LogP contribution >= 0.6 is 18.1 Å². The van der Waals surface area contributed by atoms with Crippen molar-refractivity contribution in [1.29, 1.82) is 0 Å². The summed E-state index contributed by atoms with van der Waals surface area (Å²) in [5, 5.41) is 0. The van der Waals surface area contributed by atoms with Gasteiger partial charge in [-0.3, -0.25) is 0 Å². The zero-order chi connectivity index (χ0) is 9.90. The Labute approximate surface area is 82.6 Å². The van der Waals surface area contributed by atoms with Crippen LogP contribution in [0, 0.1) is 0 Å². The number of benzene rings is 1. The number of rotatable bonds is 3. The summed E-state index contributed by atoms with van der Waals surface area (Å²) in [5.41, 5.74) is 0. The van der Waals surface area contributed by atoms with Gasteiger partial charge < -0.3 is 4.52 Å². The number of hydrogen-bond donors (Lipinski definition) is 0. The lowest BCUT2D eigenvalue weighted by Crippen LogP contribution is -2.08. The molecule has 1 aromatic carbocycles. The van der Waals surface area contributed by atoms with E-state index < -0.39 is 6.87 Å². The summed E-state index contributed by atoms with van der Waals surface area (Å²) in [6, 6.07) is 8.85. The van der Waals surface area contributed by atoms with Crippen LogP contribution in [0.15, 0.2) is 30.3 Å². The maximum absolute atomic E-state index is 11.6. The van der Waals surface area contributed by atoms with Gasteiger partial charge in [-0.2, -0.15) is 0 Å². The number of para-hydroxylation sites is 1. The number of hydrogen-bond acceptors (Lipinski definition) is 2. The van der Waals surface area contributed by atoms with Gasteiger partial charge in [0.15, 0.2) is 0 Å². The first-order chi connectivity index (χ1) is 6.02. The summed E-state index contributed by atoms with van der Waals surface area (Å²) in [5.74, 6) is 0.509. The lowest BCUT2D eigenvalue weighted by atomic mass is 10.3. The molecule has 0 aliphatic rings. The van der Waals surface area contributed by atoms with E-state index in [9.17, 15) is 4.57 Å². The molecule has 0 amide bonds. The largest absolute Gasteiger partial charge is 0.422 e. The lowest BCUT2D eigenvalue weighted by Gasteiger charge is -2.18. The van der Waals surface area contributed by atoms with Gasteiger partial charge in [-0.15, -0.1) is 0 Å². The highest BCUT2D eigenvalue weighted by Gasteiger charge is 2.23. The molecule has 0 bridgehead atoms. The van der Waals surface area contributed by atoms with Crippen LogP contribution in [0.1, 0.15) is 0 Å². The van der Waals surface area contributed by atoms with Crippen molar-refractivity contribution in [2.75, 3.05) is 14.1 Å². The molecule has 0 spiro atoms. The molecule has 0 aliphatic carbocycles. The second kappa shape index (κ2) is 4.14. The molecule has 0 radical (unpaired) electrons. The van der Waals surface area contributed by atoms with Gasteiger partial charge in [0.2, 0.25) is 0 Å². The first kappa shape index (κ1) is 10.6. The SMILES string of the molecule is CN(C)[P@](=O)(Cl)Oc1ccccc1. The zero-order valence-corrected chi connectivity index (χ0v) is 9.13. The molecular formula is C8H11ClNO2P. The van der Waals surface area contributed by atoms with Crippen molar-refractivity contribution in [2.24, 2.45) is 0 Å². The molecule has 1 atom stereocenters. The van der Waals surface area contributed by atoms with E-state index in [1.807, 2.05) is 6.07 Å². The van der Waals surface area contributed by atoms with Crippen LogP contribution in [0.3, 0.4) is 0 Å². The van der Waals surface area contributed by atoms with E-state index in [4.69, 9.17) is 15.8 Å². The van der Waals surface area contributed by atoms with E-state index in [0.717, 1.165) is 0 Å². The second-order valence-corrected chi connectivity index (χ2v) is 5.87. The van der Waals surface area contributed by atoms with Crippen molar-refractivity contribution in [3.63, 3.8) is 0 Å². The van der Waals surface area contributed by atoms with Crippen LogP contribution in [0.2, 0.25) is 0 Å². The topological polar surface area (TPSA) is 29.5 Å². The fraction of sp³-hybridized carbons (Fsp3) is 0.250. The first-order valence-electron chi connectivity index (χ1n) is 3.74. The second-order valence-electron chi connectivity index (χ2n) is 2.70. The van der Waals surface area contributed by atoms with E-state index in [-0.39, 0.29) is 0 Å². The monoisotopic (exact) mass is 219 g/mol. The normalized spacial score (nSPS) is 15.4. The maximum Gasteiger partial charge on any atom is 0.411 e. The Bertz CT molecular complexity index is 315. The average Bonchev–Trinajstić information content (AvgIpc) is 2.05. The fourth-order valence-electron chi connectivity index (χ4n) is 0.693. The predicted octanol–water partition coefficient (Wildman–Crippen LogP) is 2.97. The van der Waals surface area contributed by atoms with E-state index in [1.165, 1.54) is 4.67 Å². The summed E-state index contributed by atoms with van der Waals surface area (Å²) in [6.07, 6.45) is 0. The van der Waals surface area contributed by atoms with E-state index in [1.54, 1.807) is 38.4 Å². The summed E-state index contributed by atoms with van der Waals surface area (Å²) in [4.78, 5) is 0. The highest BCUT2D eigenvalue weighted by Crippen LogP contribution is 2.53. The molecule has 13 heavy (non-hydrogen) atoms. The molecule has 1 rings (SSSR count).